The molecule has 3 aromatic heterocycles. The minimum absolute atomic E-state index is 0.0308. The van der Waals surface area contributed by atoms with Crippen molar-refractivity contribution < 1.29 is 13.2 Å². The molecule has 4 rings (SSSR count). The van der Waals surface area contributed by atoms with Gasteiger partial charge in [-0.1, -0.05) is 11.3 Å². The highest BCUT2D eigenvalue weighted by molar-refractivity contribution is 7.91. The van der Waals surface area contributed by atoms with Gasteiger partial charge in [0.15, 0.2) is 9.84 Å². The Hall–Kier alpha value is -3.05. The largest absolute Gasteiger partial charge is 0.495 e. The van der Waals surface area contributed by atoms with Crippen molar-refractivity contribution in [1.82, 2.24) is 29.9 Å². The second-order valence-electron chi connectivity index (χ2n) is 8.34. The van der Waals surface area contributed by atoms with E-state index in [1.807, 2.05) is 24.4 Å². The molecule has 4 heterocycles. The summed E-state index contributed by atoms with van der Waals surface area (Å²) in [5.41, 5.74) is 2.26. The molecule has 11 heteroatoms. The van der Waals surface area contributed by atoms with E-state index in [0.717, 1.165) is 43.4 Å². The lowest BCUT2D eigenvalue weighted by Gasteiger charge is -2.35. The van der Waals surface area contributed by atoms with Crippen molar-refractivity contribution in [3.05, 3.63) is 54.2 Å². The number of anilines is 1. The third-order valence-electron chi connectivity index (χ3n) is 5.68. The van der Waals surface area contributed by atoms with E-state index in [1.165, 1.54) is 0 Å². The Bertz CT molecular complexity index is 1190. The van der Waals surface area contributed by atoms with E-state index in [1.54, 1.807) is 44.1 Å². The zero-order valence-corrected chi connectivity index (χ0v) is 19.9. The number of hydrogen-bond donors (Lipinski definition) is 0. The average Bonchev–Trinajstić information content (AvgIpc) is 3.28. The highest BCUT2D eigenvalue weighted by Gasteiger charge is 2.21. The zero-order valence-electron chi connectivity index (χ0n) is 19.1. The van der Waals surface area contributed by atoms with E-state index >= 15 is 0 Å². The van der Waals surface area contributed by atoms with E-state index < -0.39 is 15.1 Å². The molecule has 0 aromatic carbocycles. The number of rotatable bonds is 8. The third-order valence-corrected chi connectivity index (χ3v) is 7.82. The molecule has 0 unspecified atom stereocenters. The summed E-state index contributed by atoms with van der Waals surface area (Å²) in [7, 11) is -1.58. The van der Waals surface area contributed by atoms with Gasteiger partial charge in [-0.05, 0) is 26.0 Å². The quantitative estimate of drug-likeness (QED) is 0.485. The summed E-state index contributed by atoms with van der Waals surface area (Å²) < 4.78 is 31.4. The van der Waals surface area contributed by atoms with Gasteiger partial charge in [-0.2, -0.15) is 0 Å². The fourth-order valence-corrected chi connectivity index (χ4v) is 4.51. The summed E-state index contributed by atoms with van der Waals surface area (Å²) in [6.45, 7) is 7.41. The fraction of sp³-hybridized carbons (Fsp3) is 0.455. The summed E-state index contributed by atoms with van der Waals surface area (Å²) in [5.74, 6) is 1.46. The third kappa shape index (κ3) is 5.66. The number of nitrogens with zero attached hydrogens (tertiary/aromatic N) is 7. The van der Waals surface area contributed by atoms with Crippen LogP contribution in [0.15, 0.2) is 42.9 Å². The molecular formula is C22H29N7O3S. The lowest BCUT2D eigenvalue weighted by molar-refractivity contribution is 0.246. The molecule has 10 nitrogen and oxygen atoms in total. The van der Waals surface area contributed by atoms with Gasteiger partial charge in [0.25, 0.3) is 0 Å². The molecule has 33 heavy (non-hydrogen) atoms. The first-order chi connectivity index (χ1) is 15.8. The lowest BCUT2D eigenvalue weighted by atomic mass is 10.2. The van der Waals surface area contributed by atoms with Crippen LogP contribution in [-0.4, -0.2) is 76.8 Å². The van der Waals surface area contributed by atoms with Crippen LogP contribution in [0.3, 0.4) is 0 Å². The molecule has 1 fully saturated rings. The molecule has 0 aliphatic carbocycles. The maximum absolute atomic E-state index is 12.2. The number of pyridine rings is 2. The monoisotopic (exact) mass is 471 g/mol. The van der Waals surface area contributed by atoms with Gasteiger partial charge in [-0.15, -0.1) is 5.10 Å². The van der Waals surface area contributed by atoms with Crippen molar-refractivity contribution in [3.8, 4) is 11.4 Å². The van der Waals surface area contributed by atoms with Gasteiger partial charge in [0, 0.05) is 38.8 Å². The molecule has 176 valence electrons. The molecule has 0 spiro atoms. The maximum atomic E-state index is 12.2. The van der Waals surface area contributed by atoms with Gasteiger partial charge >= 0.3 is 0 Å². The smallest absolute Gasteiger partial charge is 0.158 e. The van der Waals surface area contributed by atoms with Crippen LogP contribution in [0, 0.1) is 0 Å². The molecule has 0 amide bonds. The van der Waals surface area contributed by atoms with Crippen LogP contribution < -0.4 is 9.64 Å². The average molecular weight is 472 g/mol. The van der Waals surface area contributed by atoms with Gasteiger partial charge in [0.2, 0.25) is 0 Å². The van der Waals surface area contributed by atoms with E-state index in [-0.39, 0.29) is 5.75 Å². The molecule has 0 atom stereocenters. The maximum Gasteiger partial charge on any atom is 0.158 e. The van der Waals surface area contributed by atoms with Crippen LogP contribution in [-0.2, 0) is 22.1 Å². The van der Waals surface area contributed by atoms with Crippen LogP contribution in [0.5, 0.6) is 5.75 Å². The topological polar surface area (TPSA) is 106 Å². The summed E-state index contributed by atoms with van der Waals surface area (Å²) >= 11 is 0. The van der Waals surface area contributed by atoms with E-state index in [9.17, 15) is 8.42 Å². The lowest BCUT2D eigenvalue weighted by Crippen LogP contribution is -2.46. The van der Waals surface area contributed by atoms with E-state index in [4.69, 9.17) is 4.74 Å². The van der Waals surface area contributed by atoms with Crippen molar-refractivity contribution in [1.29, 1.82) is 0 Å². The van der Waals surface area contributed by atoms with Crippen LogP contribution in [0.25, 0.3) is 5.69 Å². The molecule has 1 saturated heterocycles. The molecule has 0 saturated carbocycles. The van der Waals surface area contributed by atoms with Gasteiger partial charge in [-0.25, -0.2) is 18.1 Å². The molecule has 3 aromatic rings. The van der Waals surface area contributed by atoms with Crippen LogP contribution in [0.2, 0.25) is 0 Å². The number of ether oxygens (including phenoxy) is 1. The second kappa shape index (κ2) is 9.84. The first-order valence-electron chi connectivity index (χ1n) is 10.9. The van der Waals surface area contributed by atoms with Gasteiger partial charge in [-0.3, -0.25) is 9.88 Å². The Morgan fingerprint density at radius 3 is 2.61 bits per heavy atom. The van der Waals surface area contributed by atoms with Crippen molar-refractivity contribution in [2.24, 2.45) is 0 Å². The molecule has 1 aliphatic rings. The highest BCUT2D eigenvalue weighted by atomic mass is 32.2. The van der Waals surface area contributed by atoms with E-state index in [2.05, 4.69) is 30.1 Å². The van der Waals surface area contributed by atoms with Crippen LogP contribution in [0.1, 0.15) is 25.2 Å². The Labute approximate surface area is 194 Å². The molecular weight excluding hydrogens is 442 g/mol. The highest BCUT2D eigenvalue weighted by Crippen LogP contribution is 2.18. The summed E-state index contributed by atoms with van der Waals surface area (Å²) in [6.07, 6.45) is 5.27. The molecule has 0 bridgehead atoms. The Kier molecular flexibility index (Phi) is 6.89. The zero-order chi connectivity index (χ0) is 23.4. The van der Waals surface area contributed by atoms with Gasteiger partial charge in [0.05, 0.1) is 53.8 Å². The van der Waals surface area contributed by atoms with Crippen molar-refractivity contribution in [3.63, 3.8) is 0 Å². The molecule has 0 radical (unpaired) electrons. The first-order valence-corrected chi connectivity index (χ1v) is 12.6. The summed E-state index contributed by atoms with van der Waals surface area (Å²) in [5, 5.41) is 8.10. The van der Waals surface area contributed by atoms with Gasteiger partial charge < -0.3 is 9.64 Å². The summed E-state index contributed by atoms with van der Waals surface area (Å²) in [4.78, 5) is 13.3. The Balaban J connectivity index is 1.34. The predicted molar refractivity (Wildman–Crippen MR) is 125 cm³/mol. The normalized spacial score (nSPS) is 15.2. The van der Waals surface area contributed by atoms with Crippen LogP contribution in [0.4, 0.5) is 5.82 Å². The molecule has 1 aliphatic heterocycles. The summed E-state index contributed by atoms with van der Waals surface area (Å²) in [6, 6.07) is 7.46. The molecule has 0 N–H and O–H groups in total. The number of methoxy groups -OCH3 is 1. The van der Waals surface area contributed by atoms with Crippen molar-refractivity contribution in [2.45, 2.75) is 31.4 Å². The number of aromatic nitrogens is 5. The standard InChI is InChI=1S/C22H29N7O3S/c1-17(2)33(30,31)16-18-5-4-6-22(24-18)28-9-7-27(8-10-28)14-19-15-29(26-25-19)20-11-21(32-3)13-23-12-20/h4-6,11-13,15,17H,7-10,14,16H2,1-3H3. The van der Waals surface area contributed by atoms with Crippen molar-refractivity contribution in [2.75, 3.05) is 38.2 Å². The number of hydrogen-bond acceptors (Lipinski definition) is 9. The predicted octanol–water partition coefficient (Wildman–Crippen LogP) is 1.71. The number of sulfone groups is 1. The second-order valence-corrected chi connectivity index (χ2v) is 10.9. The SMILES string of the molecule is COc1cncc(-n2cc(CN3CCN(c4cccc(CS(=O)(=O)C(C)C)n4)CC3)nn2)c1. The Morgan fingerprint density at radius 1 is 1.09 bits per heavy atom. The van der Waals surface area contributed by atoms with Crippen molar-refractivity contribution >= 4 is 15.7 Å². The fourth-order valence-electron chi connectivity index (χ4n) is 3.60. The Morgan fingerprint density at radius 2 is 1.88 bits per heavy atom. The van der Waals surface area contributed by atoms with Gasteiger partial charge in [0.1, 0.15) is 11.6 Å². The first kappa shape index (κ1) is 23.1. The van der Waals surface area contributed by atoms with Crippen LogP contribution >= 0.6 is 0 Å². The minimum Gasteiger partial charge on any atom is -0.495 e. The van der Waals surface area contributed by atoms with E-state index in [0.29, 0.717) is 18.0 Å². The number of piperazine rings is 1. The minimum atomic E-state index is -3.18.